The molecule has 0 radical (unpaired) electrons. The zero-order valence-corrected chi connectivity index (χ0v) is 10.6. The van der Waals surface area contributed by atoms with Crippen LogP contribution in [0, 0.1) is 6.92 Å². The SMILES string of the molecule is COCCCc1noc(-c2cc(N)ccc2C)n1. The predicted octanol–water partition coefficient (Wildman–Crippen LogP) is 2.21. The van der Waals surface area contributed by atoms with Gasteiger partial charge in [0.2, 0.25) is 0 Å². The molecule has 2 rings (SSSR count). The summed E-state index contributed by atoms with van der Waals surface area (Å²) in [6.07, 6.45) is 1.63. The van der Waals surface area contributed by atoms with E-state index in [9.17, 15) is 0 Å². The van der Waals surface area contributed by atoms with Gasteiger partial charge in [-0.3, -0.25) is 0 Å². The van der Waals surface area contributed by atoms with Gasteiger partial charge in [-0.1, -0.05) is 11.2 Å². The highest BCUT2D eigenvalue weighted by Crippen LogP contribution is 2.24. The topological polar surface area (TPSA) is 74.2 Å². The van der Waals surface area contributed by atoms with Crippen molar-refractivity contribution in [3.05, 3.63) is 29.6 Å². The molecule has 5 heteroatoms. The molecule has 0 bridgehead atoms. The van der Waals surface area contributed by atoms with E-state index in [0.717, 1.165) is 24.0 Å². The molecule has 1 aromatic carbocycles. The van der Waals surface area contributed by atoms with Crippen molar-refractivity contribution in [3.8, 4) is 11.5 Å². The van der Waals surface area contributed by atoms with Crippen molar-refractivity contribution in [1.29, 1.82) is 0 Å². The van der Waals surface area contributed by atoms with E-state index < -0.39 is 0 Å². The largest absolute Gasteiger partial charge is 0.399 e. The number of benzene rings is 1. The number of aromatic nitrogens is 2. The molecule has 0 saturated heterocycles. The summed E-state index contributed by atoms with van der Waals surface area (Å²) in [6, 6.07) is 5.65. The molecular weight excluding hydrogens is 230 g/mol. The minimum absolute atomic E-state index is 0.521. The van der Waals surface area contributed by atoms with Crippen LogP contribution in [0.2, 0.25) is 0 Å². The normalized spacial score (nSPS) is 10.8. The Morgan fingerprint density at radius 1 is 1.39 bits per heavy atom. The number of nitrogen functional groups attached to an aromatic ring is 1. The molecule has 0 aliphatic heterocycles. The number of hydrogen-bond acceptors (Lipinski definition) is 5. The van der Waals surface area contributed by atoms with Gasteiger partial charge >= 0.3 is 0 Å². The molecule has 0 amide bonds. The fourth-order valence-corrected chi connectivity index (χ4v) is 1.71. The molecule has 0 aliphatic rings. The summed E-state index contributed by atoms with van der Waals surface area (Å²) in [7, 11) is 1.68. The van der Waals surface area contributed by atoms with Crippen LogP contribution in [0.5, 0.6) is 0 Å². The van der Waals surface area contributed by atoms with Gasteiger partial charge < -0.3 is 15.0 Å². The maximum absolute atomic E-state index is 5.76. The summed E-state index contributed by atoms with van der Waals surface area (Å²) < 4.78 is 10.2. The van der Waals surface area contributed by atoms with Crippen molar-refractivity contribution in [2.75, 3.05) is 19.5 Å². The first kappa shape index (κ1) is 12.6. The Morgan fingerprint density at radius 2 is 2.22 bits per heavy atom. The van der Waals surface area contributed by atoms with E-state index in [-0.39, 0.29) is 0 Å². The van der Waals surface area contributed by atoms with Gasteiger partial charge in [0.25, 0.3) is 5.89 Å². The van der Waals surface area contributed by atoms with Gasteiger partial charge in [0.05, 0.1) is 0 Å². The minimum atomic E-state index is 0.521. The lowest BCUT2D eigenvalue weighted by Crippen LogP contribution is -1.94. The fourth-order valence-electron chi connectivity index (χ4n) is 1.71. The Hall–Kier alpha value is -1.88. The van der Waals surface area contributed by atoms with Crippen LogP contribution < -0.4 is 5.73 Å². The summed E-state index contributed by atoms with van der Waals surface area (Å²) in [4.78, 5) is 4.37. The number of rotatable bonds is 5. The van der Waals surface area contributed by atoms with Crippen LogP contribution >= 0.6 is 0 Å². The summed E-state index contributed by atoms with van der Waals surface area (Å²) in [5, 5.41) is 3.95. The van der Waals surface area contributed by atoms with Crippen molar-refractivity contribution in [1.82, 2.24) is 10.1 Å². The Morgan fingerprint density at radius 3 is 3.00 bits per heavy atom. The first-order valence-electron chi connectivity index (χ1n) is 5.88. The van der Waals surface area contributed by atoms with Crippen LogP contribution in [-0.4, -0.2) is 23.9 Å². The number of aryl methyl sites for hydroxylation is 2. The van der Waals surface area contributed by atoms with Crippen LogP contribution in [0.1, 0.15) is 17.8 Å². The average Bonchev–Trinajstić information content (AvgIpc) is 2.81. The molecular formula is C13H17N3O2. The number of ether oxygens (including phenoxy) is 1. The number of methoxy groups -OCH3 is 1. The minimum Gasteiger partial charge on any atom is -0.399 e. The van der Waals surface area contributed by atoms with Gasteiger partial charge in [0.1, 0.15) is 0 Å². The lowest BCUT2D eigenvalue weighted by Gasteiger charge is -2.01. The summed E-state index contributed by atoms with van der Waals surface area (Å²) in [5.41, 5.74) is 8.41. The van der Waals surface area contributed by atoms with Crippen LogP contribution in [0.25, 0.3) is 11.5 Å². The monoisotopic (exact) mass is 247 g/mol. The Bertz CT molecular complexity index is 523. The second-order valence-electron chi connectivity index (χ2n) is 4.19. The zero-order chi connectivity index (χ0) is 13.0. The molecule has 2 aromatic rings. The van der Waals surface area contributed by atoms with Crippen molar-refractivity contribution in [2.45, 2.75) is 19.8 Å². The van der Waals surface area contributed by atoms with Gasteiger partial charge in [-0.2, -0.15) is 4.98 Å². The lowest BCUT2D eigenvalue weighted by molar-refractivity contribution is 0.194. The van der Waals surface area contributed by atoms with E-state index in [1.807, 2.05) is 25.1 Å². The van der Waals surface area contributed by atoms with Crippen LogP contribution in [-0.2, 0) is 11.2 Å². The van der Waals surface area contributed by atoms with Crippen LogP contribution in [0.15, 0.2) is 22.7 Å². The molecule has 0 aliphatic carbocycles. The molecule has 2 N–H and O–H groups in total. The van der Waals surface area contributed by atoms with Crippen molar-refractivity contribution >= 4 is 5.69 Å². The maximum Gasteiger partial charge on any atom is 0.258 e. The molecule has 1 heterocycles. The highest BCUT2D eigenvalue weighted by Gasteiger charge is 2.11. The third-order valence-electron chi connectivity index (χ3n) is 2.71. The molecule has 0 spiro atoms. The standard InChI is InChI=1S/C13H17N3O2/c1-9-5-6-10(14)8-11(9)13-15-12(16-18-13)4-3-7-17-2/h5-6,8H,3-4,7,14H2,1-2H3. The van der Waals surface area contributed by atoms with Gasteiger partial charge in [-0.05, 0) is 31.0 Å². The first-order chi connectivity index (χ1) is 8.70. The van der Waals surface area contributed by atoms with Crippen molar-refractivity contribution < 1.29 is 9.26 Å². The highest BCUT2D eigenvalue weighted by molar-refractivity contribution is 5.63. The summed E-state index contributed by atoms with van der Waals surface area (Å²) in [6.45, 7) is 2.69. The van der Waals surface area contributed by atoms with Gasteiger partial charge in [0, 0.05) is 31.4 Å². The Kier molecular flexibility index (Phi) is 3.94. The third kappa shape index (κ3) is 2.87. The second-order valence-corrected chi connectivity index (χ2v) is 4.19. The molecule has 0 fully saturated rings. The van der Waals surface area contributed by atoms with Crippen LogP contribution in [0.4, 0.5) is 5.69 Å². The quantitative estimate of drug-likeness (QED) is 0.647. The second kappa shape index (κ2) is 5.64. The zero-order valence-electron chi connectivity index (χ0n) is 10.6. The number of hydrogen-bond donors (Lipinski definition) is 1. The molecule has 96 valence electrons. The number of anilines is 1. The van der Waals surface area contributed by atoms with Gasteiger partial charge in [-0.15, -0.1) is 0 Å². The molecule has 0 atom stereocenters. The van der Waals surface area contributed by atoms with Crippen LogP contribution in [0.3, 0.4) is 0 Å². The first-order valence-corrected chi connectivity index (χ1v) is 5.88. The van der Waals surface area contributed by atoms with E-state index >= 15 is 0 Å². The molecule has 0 unspecified atom stereocenters. The van der Waals surface area contributed by atoms with Crippen molar-refractivity contribution in [2.24, 2.45) is 0 Å². The van der Waals surface area contributed by atoms with E-state index in [2.05, 4.69) is 10.1 Å². The molecule has 0 saturated carbocycles. The molecule has 18 heavy (non-hydrogen) atoms. The highest BCUT2D eigenvalue weighted by atomic mass is 16.5. The van der Waals surface area contributed by atoms with Gasteiger partial charge in [0.15, 0.2) is 5.82 Å². The maximum atomic E-state index is 5.76. The fraction of sp³-hybridized carbons (Fsp3) is 0.385. The number of nitrogens with two attached hydrogens (primary N) is 1. The van der Waals surface area contributed by atoms with E-state index in [1.54, 1.807) is 7.11 Å². The molecule has 5 nitrogen and oxygen atoms in total. The van der Waals surface area contributed by atoms with Crippen molar-refractivity contribution in [3.63, 3.8) is 0 Å². The lowest BCUT2D eigenvalue weighted by atomic mass is 10.1. The predicted molar refractivity (Wildman–Crippen MR) is 69.1 cm³/mol. The van der Waals surface area contributed by atoms with E-state index in [1.165, 1.54) is 0 Å². The molecule has 1 aromatic heterocycles. The smallest absolute Gasteiger partial charge is 0.258 e. The van der Waals surface area contributed by atoms with E-state index in [4.69, 9.17) is 15.0 Å². The Labute approximate surface area is 106 Å². The average molecular weight is 247 g/mol. The Balaban J connectivity index is 2.16. The van der Waals surface area contributed by atoms with E-state index in [0.29, 0.717) is 24.0 Å². The summed E-state index contributed by atoms with van der Waals surface area (Å²) in [5.74, 6) is 1.22. The number of nitrogens with zero attached hydrogens (tertiary/aromatic N) is 2. The summed E-state index contributed by atoms with van der Waals surface area (Å²) >= 11 is 0. The van der Waals surface area contributed by atoms with Gasteiger partial charge in [-0.25, -0.2) is 0 Å². The third-order valence-corrected chi connectivity index (χ3v) is 2.71.